The minimum atomic E-state index is -1.03. The number of nitrogens with zero attached hydrogens (tertiary/aromatic N) is 4. The van der Waals surface area contributed by atoms with E-state index in [2.05, 4.69) is 10.3 Å². The van der Waals surface area contributed by atoms with Gasteiger partial charge < -0.3 is 15.3 Å². The van der Waals surface area contributed by atoms with Crippen LogP contribution in [-0.4, -0.2) is 33.6 Å². The smallest absolute Gasteiger partial charge is 0.338 e. The third-order valence-electron chi connectivity index (χ3n) is 5.08. The molecule has 0 saturated carbocycles. The van der Waals surface area contributed by atoms with Crippen LogP contribution in [0.25, 0.3) is 5.65 Å². The van der Waals surface area contributed by atoms with Crippen LogP contribution in [0, 0.1) is 18.3 Å². The van der Waals surface area contributed by atoms with Crippen LogP contribution in [0.15, 0.2) is 35.3 Å². The summed E-state index contributed by atoms with van der Waals surface area (Å²) < 4.78 is 1.26. The van der Waals surface area contributed by atoms with Crippen molar-refractivity contribution in [1.82, 2.24) is 9.38 Å². The standard InChI is InChI=1S/C22H22ClN5O3/c1-4-27(5-2)20-16(10-24)21(29)28-12-15(23)9-14(19(28)26-20)11-25-17-8-6-7-13(3)18(17)22(30)31/h6-9,12,25H,4-5,11H2,1-3H3,(H,30,31). The van der Waals surface area contributed by atoms with Gasteiger partial charge in [0.1, 0.15) is 11.7 Å². The summed E-state index contributed by atoms with van der Waals surface area (Å²) in [5.41, 5.74) is 1.66. The average molecular weight is 440 g/mol. The van der Waals surface area contributed by atoms with E-state index in [4.69, 9.17) is 11.6 Å². The van der Waals surface area contributed by atoms with E-state index in [-0.39, 0.29) is 17.7 Å². The van der Waals surface area contributed by atoms with Gasteiger partial charge in [0, 0.05) is 37.1 Å². The highest BCUT2D eigenvalue weighted by Gasteiger charge is 2.19. The molecule has 0 fully saturated rings. The Labute approximate surface area is 184 Å². The van der Waals surface area contributed by atoms with Crippen LogP contribution in [0.5, 0.6) is 0 Å². The maximum atomic E-state index is 13.0. The predicted octanol–water partition coefficient (Wildman–Crippen LogP) is 3.68. The number of carboxylic acid groups (broad SMARTS) is 1. The Morgan fingerprint density at radius 3 is 2.68 bits per heavy atom. The first-order valence-electron chi connectivity index (χ1n) is 9.78. The fraction of sp³-hybridized carbons (Fsp3) is 0.273. The second-order valence-corrected chi connectivity index (χ2v) is 7.37. The molecule has 31 heavy (non-hydrogen) atoms. The second-order valence-electron chi connectivity index (χ2n) is 6.93. The number of nitrogens with one attached hydrogen (secondary N) is 1. The van der Waals surface area contributed by atoms with Crippen LogP contribution in [0.1, 0.15) is 40.9 Å². The maximum Gasteiger partial charge on any atom is 0.338 e. The molecule has 0 unspecified atom stereocenters. The molecule has 0 amide bonds. The van der Waals surface area contributed by atoms with E-state index in [1.54, 1.807) is 31.2 Å². The molecule has 0 saturated heterocycles. The third-order valence-corrected chi connectivity index (χ3v) is 5.29. The summed E-state index contributed by atoms with van der Waals surface area (Å²) in [4.78, 5) is 31.1. The molecule has 9 heteroatoms. The van der Waals surface area contributed by atoms with Gasteiger partial charge in [-0.1, -0.05) is 23.7 Å². The molecule has 0 bridgehead atoms. The number of nitriles is 1. The number of pyridine rings is 1. The van der Waals surface area contributed by atoms with Gasteiger partial charge >= 0.3 is 5.97 Å². The van der Waals surface area contributed by atoms with E-state index < -0.39 is 11.5 Å². The third kappa shape index (κ3) is 4.18. The fourth-order valence-corrected chi connectivity index (χ4v) is 3.76. The molecule has 2 heterocycles. The summed E-state index contributed by atoms with van der Waals surface area (Å²) in [5.74, 6) is -0.712. The molecule has 2 N–H and O–H groups in total. The molecule has 8 nitrogen and oxygen atoms in total. The zero-order valence-electron chi connectivity index (χ0n) is 17.4. The van der Waals surface area contributed by atoms with Crippen LogP contribution < -0.4 is 15.8 Å². The average Bonchev–Trinajstić information content (AvgIpc) is 2.73. The van der Waals surface area contributed by atoms with Crippen LogP contribution in [-0.2, 0) is 6.54 Å². The predicted molar refractivity (Wildman–Crippen MR) is 120 cm³/mol. The van der Waals surface area contributed by atoms with Gasteiger partial charge in [-0.05, 0) is 38.5 Å². The van der Waals surface area contributed by atoms with Crippen molar-refractivity contribution in [2.24, 2.45) is 0 Å². The second kappa shape index (κ2) is 9.06. The van der Waals surface area contributed by atoms with Gasteiger partial charge in [-0.25, -0.2) is 9.78 Å². The van der Waals surface area contributed by atoms with Crippen molar-refractivity contribution in [3.05, 3.63) is 68.1 Å². The minimum Gasteiger partial charge on any atom is -0.478 e. The lowest BCUT2D eigenvalue weighted by atomic mass is 10.1. The molecule has 2 aromatic heterocycles. The molecule has 1 aromatic carbocycles. The SMILES string of the molecule is CCN(CC)c1nc2c(CNc3cccc(C)c3C(=O)O)cc(Cl)cn2c(=O)c1C#N. The van der Waals surface area contributed by atoms with E-state index in [1.165, 1.54) is 10.6 Å². The summed E-state index contributed by atoms with van der Waals surface area (Å²) in [6.07, 6.45) is 1.43. The number of anilines is 2. The monoisotopic (exact) mass is 439 g/mol. The molecular weight excluding hydrogens is 418 g/mol. The Morgan fingerprint density at radius 2 is 2.06 bits per heavy atom. The summed E-state index contributed by atoms with van der Waals surface area (Å²) in [5, 5.41) is 22.5. The van der Waals surface area contributed by atoms with Crippen molar-refractivity contribution in [2.45, 2.75) is 27.3 Å². The summed E-state index contributed by atoms with van der Waals surface area (Å²) in [7, 11) is 0. The summed E-state index contributed by atoms with van der Waals surface area (Å²) in [6, 6.07) is 8.81. The van der Waals surface area contributed by atoms with Gasteiger partial charge in [-0.15, -0.1) is 0 Å². The summed E-state index contributed by atoms with van der Waals surface area (Å²) >= 11 is 6.23. The Kier molecular flexibility index (Phi) is 6.47. The van der Waals surface area contributed by atoms with Gasteiger partial charge in [0.25, 0.3) is 5.56 Å². The number of halogens is 1. The fourth-order valence-electron chi connectivity index (χ4n) is 3.53. The number of fused-ring (bicyclic) bond motifs is 1. The van der Waals surface area contributed by atoms with Crippen molar-refractivity contribution in [3.63, 3.8) is 0 Å². The highest BCUT2D eigenvalue weighted by molar-refractivity contribution is 6.30. The van der Waals surface area contributed by atoms with Crippen molar-refractivity contribution in [3.8, 4) is 6.07 Å². The van der Waals surface area contributed by atoms with E-state index in [9.17, 15) is 20.0 Å². The molecular formula is C22H22ClN5O3. The highest BCUT2D eigenvalue weighted by atomic mass is 35.5. The molecule has 160 valence electrons. The number of rotatable bonds is 7. The topological polar surface area (TPSA) is 111 Å². The van der Waals surface area contributed by atoms with Crippen molar-refractivity contribution < 1.29 is 9.90 Å². The number of aromatic nitrogens is 2. The normalized spacial score (nSPS) is 10.7. The molecule has 3 rings (SSSR count). The minimum absolute atomic E-state index is 0.0470. The van der Waals surface area contributed by atoms with Crippen molar-refractivity contribution in [1.29, 1.82) is 5.26 Å². The Bertz CT molecular complexity index is 1260. The van der Waals surface area contributed by atoms with E-state index in [0.29, 0.717) is 46.4 Å². The van der Waals surface area contributed by atoms with E-state index >= 15 is 0 Å². The molecule has 0 aliphatic rings. The number of aryl methyl sites for hydroxylation is 1. The first-order valence-corrected chi connectivity index (χ1v) is 10.2. The number of hydrogen-bond acceptors (Lipinski definition) is 6. The molecule has 0 radical (unpaired) electrons. The maximum absolute atomic E-state index is 13.0. The molecule has 0 aliphatic carbocycles. The van der Waals surface area contributed by atoms with Gasteiger partial charge in [0.05, 0.1) is 10.6 Å². The quantitative estimate of drug-likeness (QED) is 0.577. The Hall–Kier alpha value is -3.57. The summed E-state index contributed by atoms with van der Waals surface area (Å²) in [6.45, 7) is 6.92. The lowest BCUT2D eigenvalue weighted by Gasteiger charge is -2.22. The number of carbonyl (C=O) groups is 1. The first kappa shape index (κ1) is 22.1. The lowest BCUT2D eigenvalue weighted by molar-refractivity contribution is 0.0697. The van der Waals surface area contributed by atoms with E-state index in [0.717, 1.165) is 0 Å². The van der Waals surface area contributed by atoms with Crippen LogP contribution in [0.4, 0.5) is 11.5 Å². The van der Waals surface area contributed by atoms with Crippen molar-refractivity contribution in [2.75, 3.05) is 23.3 Å². The molecule has 0 spiro atoms. The number of aromatic carboxylic acids is 1. The van der Waals surface area contributed by atoms with Crippen molar-refractivity contribution >= 4 is 34.7 Å². The Morgan fingerprint density at radius 1 is 1.35 bits per heavy atom. The van der Waals surface area contributed by atoms with Crippen LogP contribution in [0.3, 0.4) is 0 Å². The molecule has 3 aromatic rings. The van der Waals surface area contributed by atoms with Gasteiger partial charge in [-0.3, -0.25) is 9.20 Å². The zero-order chi connectivity index (χ0) is 22.7. The number of carboxylic acids is 1. The number of benzene rings is 1. The van der Waals surface area contributed by atoms with Crippen LogP contribution >= 0.6 is 11.6 Å². The van der Waals surface area contributed by atoms with Gasteiger partial charge in [-0.2, -0.15) is 5.26 Å². The van der Waals surface area contributed by atoms with Gasteiger partial charge in [0.15, 0.2) is 11.4 Å². The lowest BCUT2D eigenvalue weighted by Crippen LogP contribution is -2.29. The zero-order valence-corrected chi connectivity index (χ0v) is 18.2. The Balaban J connectivity index is 2.16. The molecule has 0 aliphatic heterocycles. The largest absolute Gasteiger partial charge is 0.478 e. The first-order chi connectivity index (χ1) is 14.8. The van der Waals surface area contributed by atoms with Crippen LogP contribution in [0.2, 0.25) is 5.02 Å². The van der Waals surface area contributed by atoms with Gasteiger partial charge in [0.2, 0.25) is 0 Å². The molecule has 0 atom stereocenters. The van der Waals surface area contributed by atoms with E-state index in [1.807, 2.05) is 24.8 Å². The highest BCUT2D eigenvalue weighted by Crippen LogP contribution is 2.24. The number of hydrogen-bond donors (Lipinski definition) is 2.